The van der Waals surface area contributed by atoms with E-state index in [9.17, 15) is 19.8 Å². The highest BCUT2D eigenvalue weighted by molar-refractivity contribution is 5.74. The monoisotopic (exact) mass is 402 g/mol. The summed E-state index contributed by atoms with van der Waals surface area (Å²) in [5, 5.41) is 19.9. The lowest BCUT2D eigenvalue weighted by molar-refractivity contribution is -0.186. The van der Waals surface area contributed by atoms with E-state index in [1.807, 2.05) is 27.7 Å². The summed E-state index contributed by atoms with van der Waals surface area (Å²) in [5.74, 6) is -1.59. The second-order valence-corrected chi connectivity index (χ2v) is 10.9. The molecule has 0 aromatic rings. The minimum Gasteiger partial charge on any atom is -0.460 e. The average molecular weight is 403 g/mol. The summed E-state index contributed by atoms with van der Waals surface area (Å²) in [6, 6.07) is 0. The first kappa shape index (κ1) is 26.9. The van der Waals surface area contributed by atoms with Crippen molar-refractivity contribution in [3.63, 3.8) is 0 Å². The van der Waals surface area contributed by atoms with Crippen LogP contribution in [0.3, 0.4) is 0 Å². The third-order valence-corrected chi connectivity index (χ3v) is 5.71. The molecule has 0 fully saturated rings. The molecule has 1 atom stereocenters. The average Bonchev–Trinajstić information content (AvgIpc) is 2.40. The van der Waals surface area contributed by atoms with E-state index in [1.165, 1.54) is 0 Å². The third-order valence-electron chi connectivity index (χ3n) is 5.71. The minimum atomic E-state index is -1.19. The quantitative estimate of drug-likeness (QED) is 0.537. The molecule has 0 saturated heterocycles. The van der Waals surface area contributed by atoms with Crippen LogP contribution >= 0.6 is 0 Å². The fraction of sp³-hybridized carbons (Fsp3) is 0.909. The van der Waals surface area contributed by atoms with Crippen molar-refractivity contribution in [3.05, 3.63) is 0 Å². The standard InChI is InChI=1S/C22H42O6/c1-15(21(8,9)26)17(24)28-22(10,11)18(2,3)14-16(23)27-20(6,7)13-12-19(4,5)25/h15,25-26H,12-14H2,1-11H3. The van der Waals surface area contributed by atoms with Gasteiger partial charge in [-0.15, -0.1) is 0 Å². The number of hydrogen-bond acceptors (Lipinski definition) is 6. The van der Waals surface area contributed by atoms with Crippen molar-refractivity contribution in [1.29, 1.82) is 0 Å². The maximum absolute atomic E-state index is 12.6. The van der Waals surface area contributed by atoms with E-state index in [0.717, 1.165) is 0 Å². The zero-order chi connectivity index (χ0) is 22.8. The Morgan fingerprint density at radius 3 is 1.68 bits per heavy atom. The van der Waals surface area contributed by atoms with Crippen LogP contribution < -0.4 is 0 Å². The van der Waals surface area contributed by atoms with Crippen molar-refractivity contribution in [2.45, 2.75) is 118 Å². The Morgan fingerprint density at radius 2 is 1.29 bits per heavy atom. The van der Waals surface area contributed by atoms with E-state index in [-0.39, 0.29) is 12.4 Å². The first-order valence-corrected chi connectivity index (χ1v) is 9.99. The van der Waals surface area contributed by atoms with E-state index in [4.69, 9.17) is 9.47 Å². The number of ether oxygens (including phenoxy) is 2. The van der Waals surface area contributed by atoms with E-state index in [1.54, 1.807) is 48.5 Å². The molecule has 6 heteroatoms. The van der Waals surface area contributed by atoms with Crippen molar-refractivity contribution in [3.8, 4) is 0 Å². The van der Waals surface area contributed by atoms with Crippen molar-refractivity contribution < 1.29 is 29.3 Å². The first-order chi connectivity index (χ1) is 12.1. The lowest BCUT2D eigenvalue weighted by Crippen LogP contribution is -2.48. The van der Waals surface area contributed by atoms with Gasteiger partial charge in [-0.3, -0.25) is 9.59 Å². The van der Waals surface area contributed by atoms with E-state index in [0.29, 0.717) is 12.8 Å². The van der Waals surface area contributed by atoms with Gasteiger partial charge in [-0.2, -0.15) is 0 Å². The molecule has 6 nitrogen and oxygen atoms in total. The summed E-state index contributed by atoms with van der Waals surface area (Å²) in [5.41, 5.74) is -4.36. The van der Waals surface area contributed by atoms with Crippen LogP contribution in [0.1, 0.15) is 95.4 Å². The molecule has 0 bridgehead atoms. The Bertz CT molecular complexity index is 546. The van der Waals surface area contributed by atoms with Crippen LogP contribution in [0.15, 0.2) is 0 Å². The number of esters is 2. The van der Waals surface area contributed by atoms with Gasteiger partial charge in [-0.05, 0) is 75.2 Å². The van der Waals surface area contributed by atoms with Crippen LogP contribution in [-0.2, 0) is 19.1 Å². The third kappa shape index (κ3) is 8.91. The van der Waals surface area contributed by atoms with Gasteiger partial charge in [0.05, 0.1) is 23.5 Å². The molecular weight excluding hydrogens is 360 g/mol. The second-order valence-electron chi connectivity index (χ2n) is 10.9. The van der Waals surface area contributed by atoms with Gasteiger partial charge in [0, 0.05) is 5.41 Å². The Balaban J connectivity index is 5.04. The molecule has 1 unspecified atom stereocenters. The van der Waals surface area contributed by atoms with Gasteiger partial charge >= 0.3 is 11.9 Å². The number of rotatable bonds is 10. The van der Waals surface area contributed by atoms with Crippen molar-refractivity contribution in [2.24, 2.45) is 11.3 Å². The van der Waals surface area contributed by atoms with Crippen LogP contribution in [0.4, 0.5) is 0 Å². The van der Waals surface area contributed by atoms with Gasteiger partial charge in [-0.25, -0.2) is 0 Å². The lowest BCUT2D eigenvalue weighted by atomic mass is 9.74. The molecule has 0 amide bonds. The van der Waals surface area contributed by atoms with E-state index >= 15 is 0 Å². The molecule has 0 aromatic heterocycles. The van der Waals surface area contributed by atoms with Crippen LogP contribution in [0.5, 0.6) is 0 Å². The summed E-state index contributed by atoms with van der Waals surface area (Å²) in [4.78, 5) is 25.0. The summed E-state index contributed by atoms with van der Waals surface area (Å²) in [6.45, 7) is 19.0. The van der Waals surface area contributed by atoms with Gasteiger partial charge in [0.1, 0.15) is 11.2 Å². The molecule has 0 rings (SSSR count). The molecule has 0 saturated carbocycles. The van der Waals surface area contributed by atoms with Crippen LogP contribution in [-0.4, -0.2) is 44.6 Å². The summed E-state index contributed by atoms with van der Waals surface area (Å²) in [6.07, 6.45) is 1.11. The SMILES string of the molecule is CC(C(=O)OC(C)(C)C(C)(C)CC(=O)OC(C)(C)CCC(C)(C)O)C(C)(C)O. The van der Waals surface area contributed by atoms with Crippen LogP contribution in [0.2, 0.25) is 0 Å². The lowest BCUT2D eigenvalue weighted by Gasteiger charge is -2.42. The molecular formula is C22H42O6. The largest absolute Gasteiger partial charge is 0.460 e. The van der Waals surface area contributed by atoms with Crippen LogP contribution in [0.25, 0.3) is 0 Å². The molecule has 0 radical (unpaired) electrons. The fourth-order valence-electron chi connectivity index (χ4n) is 2.34. The number of hydrogen-bond donors (Lipinski definition) is 2. The normalized spacial score (nSPS) is 15.2. The highest BCUT2D eigenvalue weighted by Crippen LogP contribution is 2.39. The predicted molar refractivity (Wildman–Crippen MR) is 110 cm³/mol. The highest BCUT2D eigenvalue weighted by atomic mass is 16.6. The predicted octanol–water partition coefficient (Wildman–Crippen LogP) is 4.00. The number of aliphatic hydroxyl groups is 2. The molecule has 0 aliphatic heterocycles. The summed E-state index contributed by atoms with van der Waals surface area (Å²) in [7, 11) is 0. The molecule has 0 aliphatic rings. The first-order valence-electron chi connectivity index (χ1n) is 9.99. The van der Waals surface area contributed by atoms with Gasteiger partial charge in [0.2, 0.25) is 0 Å². The Kier molecular flexibility index (Phi) is 8.35. The maximum Gasteiger partial charge on any atom is 0.312 e. The van der Waals surface area contributed by atoms with Gasteiger partial charge in [0.25, 0.3) is 0 Å². The molecule has 2 N–H and O–H groups in total. The van der Waals surface area contributed by atoms with Crippen LogP contribution in [0, 0.1) is 11.3 Å². The molecule has 28 heavy (non-hydrogen) atoms. The molecule has 0 aromatic carbocycles. The van der Waals surface area contributed by atoms with Crippen molar-refractivity contribution >= 4 is 11.9 Å². The van der Waals surface area contributed by atoms with E-state index < -0.39 is 39.7 Å². The Labute approximate surface area is 171 Å². The zero-order valence-electron chi connectivity index (χ0n) is 19.7. The summed E-state index contributed by atoms with van der Waals surface area (Å²) < 4.78 is 11.3. The van der Waals surface area contributed by atoms with Gasteiger partial charge in [-0.1, -0.05) is 13.8 Å². The number of carbonyl (C=O) groups excluding carboxylic acids is 2. The second kappa shape index (κ2) is 8.70. The minimum absolute atomic E-state index is 0.0656. The maximum atomic E-state index is 12.6. The van der Waals surface area contributed by atoms with E-state index in [2.05, 4.69) is 0 Å². The molecule has 0 spiro atoms. The smallest absolute Gasteiger partial charge is 0.312 e. The zero-order valence-corrected chi connectivity index (χ0v) is 19.7. The van der Waals surface area contributed by atoms with Gasteiger partial charge < -0.3 is 19.7 Å². The van der Waals surface area contributed by atoms with Crippen molar-refractivity contribution in [1.82, 2.24) is 0 Å². The van der Waals surface area contributed by atoms with Crippen molar-refractivity contribution in [2.75, 3.05) is 0 Å². The fourth-order valence-corrected chi connectivity index (χ4v) is 2.34. The van der Waals surface area contributed by atoms with Gasteiger partial charge in [0.15, 0.2) is 0 Å². The Morgan fingerprint density at radius 1 is 0.821 bits per heavy atom. The summed E-state index contributed by atoms with van der Waals surface area (Å²) >= 11 is 0. The number of carbonyl (C=O) groups is 2. The highest BCUT2D eigenvalue weighted by Gasteiger charge is 2.45. The Hall–Kier alpha value is -1.14. The molecule has 0 aliphatic carbocycles. The molecule has 0 heterocycles. The molecule has 166 valence electrons. The topological polar surface area (TPSA) is 93.1 Å².